The molecule has 0 saturated heterocycles. The number of ether oxygens (including phenoxy) is 1. The van der Waals surface area contributed by atoms with Crippen molar-refractivity contribution in [1.82, 2.24) is 9.97 Å². The molecule has 104 valence electrons. The molecule has 0 spiro atoms. The minimum atomic E-state index is -4.28. The van der Waals surface area contributed by atoms with Crippen LogP contribution in [0.2, 0.25) is 0 Å². The highest BCUT2D eigenvalue weighted by atomic mass is 19.4. The number of hydrogen-bond donors (Lipinski definition) is 0. The van der Waals surface area contributed by atoms with Crippen molar-refractivity contribution < 1.29 is 17.9 Å². The first-order chi connectivity index (χ1) is 8.96. The van der Waals surface area contributed by atoms with Gasteiger partial charge in [-0.15, -0.1) is 5.92 Å². The molecule has 0 aromatic carbocycles. The van der Waals surface area contributed by atoms with E-state index in [0.717, 1.165) is 4.90 Å². The molecule has 19 heavy (non-hydrogen) atoms. The van der Waals surface area contributed by atoms with E-state index in [1.807, 2.05) is 0 Å². The van der Waals surface area contributed by atoms with Crippen molar-refractivity contribution in [2.45, 2.75) is 20.0 Å². The van der Waals surface area contributed by atoms with Gasteiger partial charge in [-0.05, 0) is 13.8 Å². The first-order valence-electron chi connectivity index (χ1n) is 5.62. The summed E-state index contributed by atoms with van der Waals surface area (Å²) in [7, 11) is 0. The van der Waals surface area contributed by atoms with Crippen LogP contribution in [-0.2, 0) is 0 Å². The molecule has 1 rings (SSSR count). The summed E-state index contributed by atoms with van der Waals surface area (Å²) in [4.78, 5) is 8.73. The predicted molar refractivity (Wildman–Crippen MR) is 64.9 cm³/mol. The molecule has 0 aliphatic rings. The van der Waals surface area contributed by atoms with Crippen molar-refractivity contribution in [1.29, 1.82) is 0 Å². The van der Waals surface area contributed by atoms with Gasteiger partial charge < -0.3 is 9.64 Å². The Morgan fingerprint density at radius 2 is 2.11 bits per heavy atom. The molecule has 0 amide bonds. The molecule has 7 heteroatoms. The molecule has 0 saturated carbocycles. The molecular formula is C12H14F3N3O. The highest BCUT2D eigenvalue weighted by Crippen LogP contribution is 2.22. The summed E-state index contributed by atoms with van der Waals surface area (Å²) in [5.74, 6) is 5.69. The van der Waals surface area contributed by atoms with Crippen molar-refractivity contribution >= 4 is 5.82 Å². The second-order valence-electron chi connectivity index (χ2n) is 3.56. The molecule has 1 aromatic rings. The lowest BCUT2D eigenvalue weighted by atomic mass is 10.4. The molecule has 0 aliphatic heterocycles. The fourth-order valence-electron chi connectivity index (χ4n) is 1.34. The van der Waals surface area contributed by atoms with E-state index in [-0.39, 0.29) is 24.8 Å². The van der Waals surface area contributed by atoms with Gasteiger partial charge in [-0.2, -0.15) is 13.2 Å². The fourth-order valence-corrected chi connectivity index (χ4v) is 1.34. The van der Waals surface area contributed by atoms with Crippen LogP contribution in [0.15, 0.2) is 12.4 Å². The summed E-state index contributed by atoms with van der Waals surface area (Å²) in [6.45, 7) is 2.55. The highest BCUT2D eigenvalue weighted by Gasteiger charge is 2.30. The second kappa shape index (κ2) is 6.83. The van der Waals surface area contributed by atoms with Crippen LogP contribution in [-0.4, -0.2) is 35.8 Å². The maximum Gasteiger partial charge on any atom is 0.405 e. The Bertz CT molecular complexity index is 465. The largest absolute Gasteiger partial charge is 0.464 e. The van der Waals surface area contributed by atoms with Crippen molar-refractivity contribution in [2.75, 3.05) is 24.6 Å². The van der Waals surface area contributed by atoms with E-state index in [0.29, 0.717) is 0 Å². The third-order valence-electron chi connectivity index (χ3n) is 2.17. The van der Waals surface area contributed by atoms with Crippen LogP contribution in [0.5, 0.6) is 5.88 Å². The summed E-state index contributed by atoms with van der Waals surface area (Å²) < 4.78 is 42.4. The Labute approximate surface area is 109 Å². The average molecular weight is 273 g/mol. The average Bonchev–Trinajstić information content (AvgIpc) is 2.35. The third-order valence-corrected chi connectivity index (χ3v) is 2.17. The van der Waals surface area contributed by atoms with E-state index in [9.17, 15) is 13.2 Å². The number of hydrogen-bond acceptors (Lipinski definition) is 4. The van der Waals surface area contributed by atoms with E-state index in [2.05, 4.69) is 21.8 Å². The van der Waals surface area contributed by atoms with Crippen LogP contribution in [0.3, 0.4) is 0 Å². The van der Waals surface area contributed by atoms with E-state index < -0.39 is 12.7 Å². The zero-order chi connectivity index (χ0) is 14.3. The van der Waals surface area contributed by atoms with Gasteiger partial charge >= 0.3 is 6.18 Å². The normalized spacial score (nSPS) is 10.6. The lowest BCUT2D eigenvalue weighted by Crippen LogP contribution is -2.34. The number of alkyl halides is 3. The SMILES string of the molecule is CC#CCOc1cc(N(CC)CC(F)(F)F)ncn1. The maximum atomic E-state index is 12.4. The van der Waals surface area contributed by atoms with Crippen molar-refractivity contribution in [2.24, 2.45) is 0 Å². The molecule has 1 aromatic heterocycles. The minimum Gasteiger partial charge on any atom is -0.464 e. The zero-order valence-corrected chi connectivity index (χ0v) is 10.7. The Morgan fingerprint density at radius 1 is 1.37 bits per heavy atom. The van der Waals surface area contributed by atoms with Crippen molar-refractivity contribution in [3.8, 4) is 17.7 Å². The van der Waals surface area contributed by atoms with Gasteiger partial charge in [-0.3, -0.25) is 0 Å². The first kappa shape index (κ1) is 15.1. The molecule has 0 N–H and O–H groups in total. The number of nitrogens with zero attached hydrogens (tertiary/aromatic N) is 3. The van der Waals surface area contributed by atoms with Gasteiger partial charge in [0.25, 0.3) is 0 Å². The highest BCUT2D eigenvalue weighted by molar-refractivity contribution is 5.40. The van der Waals surface area contributed by atoms with Crippen LogP contribution in [0.1, 0.15) is 13.8 Å². The number of anilines is 1. The van der Waals surface area contributed by atoms with Gasteiger partial charge in [0.15, 0.2) is 6.61 Å². The van der Waals surface area contributed by atoms with Gasteiger partial charge in [-0.1, -0.05) is 5.92 Å². The van der Waals surface area contributed by atoms with Crippen LogP contribution in [0.25, 0.3) is 0 Å². The lowest BCUT2D eigenvalue weighted by molar-refractivity contribution is -0.119. The summed E-state index contributed by atoms with van der Waals surface area (Å²) in [5.41, 5.74) is 0. The molecule has 0 aliphatic carbocycles. The van der Waals surface area contributed by atoms with Gasteiger partial charge in [0.2, 0.25) is 5.88 Å². The van der Waals surface area contributed by atoms with Gasteiger partial charge in [0.1, 0.15) is 18.7 Å². The molecule has 0 bridgehead atoms. The Morgan fingerprint density at radius 3 is 2.68 bits per heavy atom. The number of rotatable bonds is 5. The van der Waals surface area contributed by atoms with Crippen LogP contribution < -0.4 is 9.64 Å². The molecule has 0 fully saturated rings. The fraction of sp³-hybridized carbons (Fsp3) is 0.500. The molecular weight excluding hydrogens is 259 g/mol. The molecule has 4 nitrogen and oxygen atoms in total. The van der Waals surface area contributed by atoms with E-state index in [1.165, 1.54) is 12.4 Å². The Kier molecular flexibility index (Phi) is 5.42. The molecule has 0 radical (unpaired) electrons. The Hall–Kier alpha value is -1.97. The monoisotopic (exact) mass is 273 g/mol. The van der Waals surface area contributed by atoms with E-state index >= 15 is 0 Å². The lowest BCUT2D eigenvalue weighted by Gasteiger charge is -2.23. The van der Waals surface area contributed by atoms with Crippen LogP contribution >= 0.6 is 0 Å². The van der Waals surface area contributed by atoms with Crippen molar-refractivity contribution in [3.63, 3.8) is 0 Å². The van der Waals surface area contributed by atoms with Crippen LogP contribution in [0.4, 0.5) is 19.0 Å². The smallest absolute Gasteiger partial charge is 0.405 e. The number of aromatic nitrogens is 2. The Balaban J connectivity index is 2.80. The van der Waals surface area contributed by atoms with Crippen molar-refractivity contribution in [3.05, 3.63) is 12.4 Å². The summed E-state index contributed by atoms with van der Waals surface area (Å²) >= 11 is 0. The molecule has 1 heterocycles. The zero-order valence-electron chi connectivity index (χ0n) is 10.7. The maximum absolute atomic E-state index is 12.4. The second-order valence-corrected chi connectivity index (χ2v) is 3.56. The summed E-state index contributed by atoms with van der Waals surface area (Å²) in [6, 6.07) is 1.37. The van der Waals surface area contributed by atoms with Gasteiger partial charge in [0.05, 0.1) is 0 Å². The summed E-state index contributed by atoms with van der Waals surface area (Å²) in [5, 5.41) is 0. The van der Waals surface area contributed by atoms with E-state index in [1.54, 1.807) is 13.8 Å². The van der Waals surface area contributed by atoms with Gasteiger partial charge in [0, 0.05) is 12.6 Å². The minimum absolute atomic E-state index is 0.137. The predicted octanol–water partition coefficient (Wildman–Crippen LogP) is 2.27. The number of halogens is 3. The molecule has 0 unspecified atom stereocenters. The molecule has 0 atom stereocenters. The standard InChI is InChI=1S/C12H14F3N3O/c1-3-5-6-19-11-7-10(16-9-17-11)18(4-2)8-12(13,14)15/h7,9H,4,6,8H2,1-2H3. The van der Waals surface area contributed by atoms with Gasteiger partial charge in [-0.25, -0.2) is 9.97 Å². The first-order valence-corrected chi connectivity index (χ1v) is 5.62. The van der Waals surface area contributed by atoms with E-state index in [4.69, 9.17) is 4.74 Å². The quantitative estimate of drug-likeness (QED) is 0.771. The topological polar surface area (TPSA) is 38.2 Å². The van der Waals surface area contributed by atoms with Crippen LogP contribution in [0, 0.1) is 11.8 Å². The third kappa shape index (κ3) is 5.46. The summed E-state index contributed by atoms with van der Waals surface area (Å²) in [6.07, 6.45) is -3.11.